The van der Waals surface area contributed by atoms with E-state index in [0.717, 1.165) is 5.65 Å². The van der Waals surface area contributed by atoms with E-state index >= 15 is 0 Å². The fourth-order valence-electron chi connectivity index (χ4n) is 1.63. The molecule has 1 unspecified atom stereocenters. The summed E-state index contributed by atoms with van der Waals surface area (Å²) in [6.45, 7) is 7.62. The van der Waals surface area contributed by atoms with Crippen LogP contribution in [0.15, 0.2) is 24.4 Å². The van der Waals surface area contributed by atoms with Crippen molar-refractivity contribution < 1.29 is 4.79 Å². The number of nitrogens with zero attached hydrogens (tertiary/aromatic N) is 3. The Morgan fingerprint density at radius 3 is 2.74 bits per heavy atom. The van der Waals surface area contributed by atoms with Gasteiger partial charge in [-0.05, 0) is 39.8 Å². The van der Waals surface area contributed by atoms with Gasteiger partial charge in [-0.1, -0.05) is 6.07 Å². The van der Waals surface area contributed by atoms with Crippen LogP contribution in [0.3, 0.4) is 0 Å². The molecule has 0 bridgehead atoms. The molecule has 0 aromatic carbocycles. The van der Waals surface area contributed by atoms with E-state index in [-0.39, 0.29) is 11.4 Å². The molecule has 1 amide bonds. The second-order valence-corrected chi connectivity index (χ2v) is 5.54. The number of rotatable bonds is 3. The zero-order valence-corrected chi connectivity index (χ0v) is 11.6. The van der Waals surface area contributed by atoms with Crippen molar-refractivity contribution in [2.45, 2.75) is 39.3 Å². The number of carbonyl (C=O) groups excluding carboxylic acids is 1. The van der Waals surface area contributed by atoms with Crippen LogP contribution in [-0.2, 0) is 4.79 Å². The maximum Gasteiger partial charge on any atom is 0.243 e. The molecule has 0 aliphatic heterocycles. The van der Waals surface area contributed by atoms with Gasteiger partial charge in [-0.3, -0.25) is 4.79 Å². The molecule has 2 heterocycles. The van der Waals surface area contributed by atoms with Crippen LogP contribution in [0.1, 0.15) is 27.7 Å². The minimum atomic E-state index is -0.392. The lowest BCUT2D eigenvalue weighted by atomic mass is 10.1. The Morgan fingerprint density at radius 1 is 1.37 bits per heavy atom. The largest absolute Gasteiger partial charge is 0.350 e. The van der Waals surface area contributed by atoms with Crippen molar-refractivity contribution in [3.63, 3.8) is 0 Å². The Hall–Kier alpha value is -2.11. The smallest absolute Gasteiger partial charge is 0.243 e. The van der Waals surface area contributed by atoms with Crippen LogP contribution in [0.2, 0.25) is 0 Å². The van der Waals surface area contributed by atoms with E-state index in [2.05, 4.69) is 20.7 Å². The first-order chi connectivity index (χ1) is 8.85. The highest BCUT2D eigenvalue weighted by molar-refractivity contribution is 5.84. The number of carbonyl (C=O) groups is 1. The Kier molecular flexibility index (Phi) is 3.42. The maximum absolute atomic E-state index is 11.9. The monoisotopic (exact) mass is 261 g/mol. The SMILES string of the molecule is CC(Nc1nc2ccccn2n1)C(=O)NC(C)(C)C. The number of hydrogen-bond acceptors (Lipinski definition) is 4. The molecule has 0 saturated carbocycles. The van der Waals surface area contributed by atoms with Crippen LogP contribution in [0.25, 0.3) is 5.65 Å². The lowest BCUT2D eigenvalue weighted by molar-refractivity contribution is -0.122. The molecule has 2 aromatic rings. The van der Waals surface area contributed by atoms with Gasteiger partial charge in [0.2, 0.25) is 11.9 Å². The molecular weight excluding hydrogens is 242 g/mol. The van der Waals surface area contributed by atoms with Crippen molar-refractivity contribution in [2.24, 2.45) is 0 Å². The Labute approximate surface area is 112 Å². The standard InChI is InChI=1S/C13H19N5O/c1-9(11(19)16-13(2,3)4)14-12-15-10-7-5-6-8-18(10)17-12/h5-9H,1-4H3,(H,14,17)(H,16,19). The molecule has 0 aliphatic rings. The molecule has 6 heteroatoms. The molecule has 2 N–H and O–H groups in total. The average Bonchev–Trinajstić information content (AvgIpc) is 2.68. The minimum Gasteiger partial charge on any atom is -0.350 e. The molecule has 102 valence electrons. The molecule has 2 aromatic heterocycles. The van der Waals surface area contributed by atoms with Gasteiger partial charge < -0.3 is 10.6 Å². The highest BCUT2D eigenvalue weighted by Crippen LogP contribution is 2.07. The van der Waals surface area contributed by atoms with E-state index in [9.17, 15) is 4.79 Å². The first kappa shape index (κ1) is 13.3. The van der Waals surface area contributed by atoms with Gasteiger partial charge in [0.1, 0.15) is 6.04 Å². The van der Waals surface area contributed by atoms with Gasteiger partial charge >= 0.3 is 0 Å². The fraction of sp³-hybridized carbons (Fsp3) is 0.462. The van der Waals surface area contributed by atoms with Crippen LogP contribution in [0, 0.1) is 0 Å². The zero-order valence-electron chi connectivity index (χ0n) is 11.6. The third kappa shape index (κ3) is 3.43. The molecule has 6 nitrogen and oxygen atoms in total. The van der Waals surface area contributed by atoms with Crippen molar-refractivity contribution in [1.29, 1.82) is 0 Å². The Morgan fingerprint density at radius 2 is 2.11 bits per heavy atom. The second-order valence-electron chi connectivity index (χ2n) is 5.54. The van der Waals surface area contributed by atoms with Crippen LogP contribution in [-0.4, -0.2) is 32.1 Å². The predicted molar refractivity (Wildman–Crippen MR) is 74.0 cm³/mol. The summed E-state index contributed by atoms with van der Waals surface area (Å²) in [6, 6.07) is 5.24. The summed E-state index contributed by atoms with van der Waals surface area (Å²) in [4.78, 5) is 16.2. The molecule has 0 spiro atoms. The summed E-state index contributed by atoms with van der Waals surface area (Å²) >= 11 is 0. The molecular formula is C13H19N5O. The highest BCUT2D eigenvalue weighted by Gasteiger charge is 2.20. The number of fused-ring (bicyclic) bond motifs is 1. The van der Waals surface area contributed by atoms with Crippen LogP contribution >= 0.6 is 0 Å². The van der Waals surface area contributed by atoms with Crippen molar-refractivity contribution in [2.75, 3.05) is 5.32 Å². The van der Waals surface area contributed by atoms with E-state index in [4.69, 9.17) is 0 Å². The summed E-state index contributed by atoms with van der Waals surface area (Å²) in [5.41, 5.74) is 0.493. The van der Waals surface area contributed by atoms with E-state index in [0.29, 0.717) is 5.95 Å². The number of nitrogens with one attached hydrogen (secondary N) is 2. The lowest BCUT2D eigenvalue weighted by Crippen LogP contribution is -2.47. The van der Waals surface area contributed by atoms with Crippen LogP contribution < -0.4 is 10.6 Å². The maximum atomic E-state index is 11.9. The average molecular weight is 261 g/mol. The normalized spacial score (nSPS) is 13.3. The summed E-state index contributed by atoms with van der Waals surface area (Å²) in [7, 11) is 0. The predicted octanol–water partition coefficient (Wildman–Crippen LogP) is 1.44. The molecule has 0 fully saturated rings. The number of aromatic nitrogens is 3. The van der Waals surface area contributed by atoms with Gasteiger partial charge in [-0.2, -0.15) is 4.98 Å². The van der Waals surface area contributed by atoms with Crippen molar-refractivity contribution >= 4 is 17.5 Å². The first-order valence-corrected chi connectivity index (χ1v) is 6.25. The number of amides is 1. The van der Waals surface area contributed by atoms with E-state index in [1.54, 1.807) is 11.4 Å². The summed E-state index contributed by atoms with van der Waals surface area (Å²) in [5, 5.41) is 10.2. The quantitative estimate of drug-likeness (QED) is 0.877. The van der Waals surface area contributed by atoms with Crippen LogP contribution in [0.5, 0.6) is 0 Å². The summed E-state index contributed by atoms with van der Waals surface area (Å²) < 4.78 is 1.66. The van der Waals surface area contributed by atoms with Crippen molar-refractivity contribution in [3.8, 4) is 0 Å². The van der Waals surface area contributed by atoms with Gasteiger partial charge in [0.25, 0.3) is 0 Å². The molecule has 0 saturated heterocycles. The van der Waals surface area contributed by atoms with E-state index < -0.39 is 6.04 Å². The lowest BCUT2D eigenvalue weighted by Gasteiger charge is -2.23. The topological polar surface area (TPSA) is 71.3 Å². The number of pyridine rings is 1. The summed E-state index contributed by atoms with van der Waals surface area (Å²) in [5.74, 6) is 0.370. The molecule has 1 atom stereocenters. The minimum absolute atomic E-state index is 0.0774. The van der Waals surface area contributed by atoms with Gasteiger partial charge in [0.05, 0.1) is 0 Å². The molecule has 0 radical (unpaired) electrons. The molecule has 2 rings (SSSR count). The Bertz CT molecular complexity index is 551. The van der Waals surface area contributed by atoms with E-state index in [1.165, 1.54) is 0 Å². The van der Waals surface area contributed by atoms with Gasteiger partial charge in [-0.25, -0.2) is 4.52 Å². The second kappa shape index (κ2) is 4.87. The number of hydrogen-bond donors (Lipinski definition) is 2. The van der Waals surface area contributed by atoms with Crippen molar-refractivity contribution in [1.82, 2.24) is 19.9 Å². The third-order valence-corrected chi connectivity index (χ3v) is 2.48. The molecule has 0 aliphatic carbocycles. The van der Waals surface area contributed by atoms with E-state index in [1.807, 2.05) is 45.2 Å². The summed E-state index contributed by atoms with van der Waals surface area (Å²) in [6.07, 6.45) is 1.81. The highest BCUT2D eigenvalue weighted by atomic mass is 16.2. The van der Waals surface area contributed by atoms with Crippen LogP contribution in [0.4, 0.5) is 5.95 Å². The van der Waals surface area contributed by atoms with Crippen molar-refractivity contribution in [3.05, 3.63) is 24.4 Å². The molecule has 19 heavy (non-hydrogen) atoms. The first-order valence-electron chi connectivity index (χ1n) is 6.25. The zero-order chi connectivity index (χ0) is 14.0. The third-order valence-electron chi connectivity index (χ3n) is 2.48. The van der Waals surface area contributed by atoms with Gasteiger partial charge in [0.15, 0.2) is 5.65 Å². The fourth-order valence-corrected chi connectivity index (χ4v) is 1.63. The van der Waals surface area contributed by atoms with Gasteiger partial charge in [0, 0.05) is 11.7 Å². The van der Waals surface area contributed by atoms with Gasteiger partial charge in [-0.15, -0.1) is 5.10 Å². The number of anilines is 1. The Balaban J connectivity index is 2.06.